The van der Waals surface area contributed by atoms with Gasteiger partial charge < -0.3 is 10.6 Å². The van der Waals surface area contributed by atoms with E-state index in [4.69, 9.17) is 0 Å². The van der Waals surface area contributed by atoms with Gasteiger partial charge in [-0.1, -0.05) is 31.2 Å². The van der Waals surface area contributed by atoms with Gasteiger partial charge in [-0.3, -0.25) is 9.69 Å². The lowest BCUT2D eigenvalue weighted by molar-refractivity contribution is -0.125. The van der Waals surface area contributed by atoms with Crippen molar-refractivity contribution in [1.82, 2.24) is 15.5 Å². The van der Waals surface area contributed by atoms with Crippen molar-refractivity contribution >= 4 is 30.7 Å². The standard InChI is InChI=1S/C20H31N3O.2ClH/c1-16-8-11-23(12-9-16)15-19-6-3-2-5-17(19)14-22-20(24)18-7-4-10-21-13-18;;/h2-3,5-6,16,18,21H,4,7-15H2,1H3,(H,22,24);2*1H. The van der Waals surface area contributed by atoms with Gasteiger partial charge in [0.1, 0.15) is 0 Å². The van der Waals surface area contributed by atoms with Crippen molar-refractivity contribution in [3.8, 4) is 0 Å². The van der Waals surface area contributed by atoms with Gasteiger partial charge in [-0.05, 0) is 62.4 Å². The summed E-state index contributed by atoms with van der Waals surface area (Å²) in [6.07, 6.45) is 4.70. The van der Waals surface area contributed by atoms with Crippen LogP contribution in [0.1, 0.15) is 43.7 Å². The van der Waals surface area contributed by atoms with Crippen LogP contribution < -0.4 is 10.6 Å². The number of rotatable bonds is 5. The zero-order valence-electron chi connectivity index (χ0n) is 15.7. The van der Waals surface area contributed by atoms with E-state index < -0.39 is 0 Å². The Bertz CT molecular complexity index is 542. The fraction of sp³-hybridized carbons (Fsp3) is 0.650. The lowest BCUT2D eigenvalue weighted by Gasteiger charge is -2.30. The second-order valence-electron chi connectivity index (χ2n) is 7.49. The summed E-state index contributed by atoms with van der Waals surface area (Å²) in [7, 11) is 0. The molecule has 2 heterocycles. The Hall–Kier alpha value is -0.810. The van der Waals surface area contributed by atoms with Crippen LogP contribution in [0.2, 0.25) is 0 Å². The number of hydrogen-bond acceptors (Lipinski definition) is 3. The van der Waals surface area contributed by atoms with Crippen molar-refractivity contribution in [1.29, 1.82) is 0 Å². The predicted octanol–water partition coefficient (Wildman–Crippen LogP) is 3.38. The Morgan fingerprint density at radius 3 is 2.50 bits per heavy atom. The lowest BCUT2D eigenvalue weighted by atomic mass is 9.97. The first-order chi connectivity index (χ1) is 11.7. The fourth-order valence-electron chi connectivity index (χ4n) is 3.75. The van der Waals surface area contributed by atoms with E-state index in [9.17, 15) is 4.79 Å². The molecular formula is C20H33Cl2N3O. The van der Waals surface area contributed by atoms with Crippen molar-refractivity contribution in [2.45, 2.75) is 45.7 Å². The van der Waals surface area contributed by atoms with Gasteiger partial charge in [-0.15, -0.1) is 24.8 Å². The number of hydrogen-bond donors (Lipinski definition) is 2. The van der Waals surface area contributed by atoms with E-state index >= 15 is 0 Å². The van der Waals surface area contributed by atoms with Gasteiger partial charge in [0.05, 0.1) is 5.92 Å². The molecule has 4 nitrogen and oxygen atoms in total. The molecule has 1 unspecified atom stereocenters. The van der Waals surface area contributed by atoms with E-state index in [2.05, 4.69) is 46.7 Å². The number of carbonyl (C=O) groups is 1. The highest BCUT2D eigenvalue weighted by Crippen LogP contribution is 2.20. The van der Waals surface area contributed by atoms with E-state index in [1.165, 1.54) is 37.1 Å². The first kappa shape index (κ1) is 23.2. The molecule has 1 amide bonds. The summed E-state index contributed by atoms with van der Waals surface area (Å²) in [6, 6.07) is 8.55. The van der Waals surface area contributed by atoms with Crippen LogP contribution in [0.4, 0.5) is 0 Å². The normalized spacial score (nSPS) is 21.3. The zero-order valence-corrected chi connectivity index (χ0v) is 17.3. The van der Waals surface area contributed by atoms with Gasteiger partial charge in [0.15, 0.2) is 0 Å². The maximum atomic E-state index is 12.3. The van der Waals surface area contributed by atoms with Gasteiger partial charge in [-0.2, -0.15) is 0 Å². The van der Waals surface area contributed by atoms with E-state index in [0.717, 1.165) is 38.4 Å². The third-order valence-electron chi connectivity index (χ3n) is 5.51. The summed E-state index contributed by atoms with van der Waals surface area (Å²) in [5.41, 5.74) is 2.61. The Balaban J connectivity index is 0.00000169. The molecule has 2 fully saturated rings. The molecule has 0 aliphatic carbocycles. The molecule has 2 aliphatic rings. The minimum absolute atomic E-state index is 0. The molecule has 3 rings (SSSR count). The second kappa shape index (κ2) is 11.8. The molecular weight excluding hydrogens is 369 g/mol. The first-order valence-electron chi connectivity index (χ1n) is 9.50. The van der Waals surface area contributed by atoms with Gasteiger partial charge in [0.2, 0.25) is 5.91 Å². The van der Waals surface area contributed by atoms with Crippen LogP contribution >= 0.6 is 24.8 Å². The number of benzene rings is 1. The zero-order chi connectivity index (χ0) is 16.8. The van der Waals surface area contributed by atoms with Gasteiger partial charge >= 0.3 is 0 Å². The summed E-state index contributed by atoms with van der Waals surface area (Å²) >= 11 is 0. The molecule has 26 heavy (non-hydrogen) atoms. The highest BCUT2D eigenvalue weighted by atomic mass is 35.5. The monoisotopic (exact) mass is 401 g/mol. The summed E-state index contributed by atoms with van der Waals surface area (Å²) in [6.45, 7) is 8.24. The van der Waals surface area contributed by atoms with Crippen LogP contribution in [0.5, 0.6) is 0 Å². The van der Waals surface area contributed by atoms with Gasteiger partial charge in [0, 0.05) is 19.6 Å². The van der Waals surface area contributed by atoms with Crippen LogP contribution in [0, 0.1) is 11.8 Å². The van der Waals surface area contributed by atoms with E-state index in [1.54, 1.807) is 0 Å². The lowest BCUT2D eigenvalue weighted by Crippen LogP contribution is -2.40. The third kappa shape index (κ3) is 6.73. The molecule has 1 aromatic carbocycles. The molecule has 2 aliphatic heterocycles. The average Bonchev–Trinajstić information content (AvgIpc) is 2.63. The minimum atomic E-state index is 0. The molecule has 1 atom stereocenters. The molecule has 0 saturated carbocycles. The van der Waals surface area contributed by atoms with E-state index in [-0.39, 0.29) is 36.6 Å². The SMILES string of the molecule is CC1CCN(Cc2ccccc2CNC(=O)C2CCCNC2)CC1.Cl.Cl. The van der Waals surface area contributed by atoms with Crippen molar-refractivity contribution in [2.75, 3.05) is 26.2 Å². The van der Waals surface area contributed by atoms with Crippen LogP contribution in [0.15, 0.2) is 24.3 Å². The van der Waals surface area contributed by atoms with Crippen molar-refractivity contribution in [3.63, 3.8) is 0 Å². The van der Waals surface area contributed by atoms with Gasteiger partial charge in [-0.25, -0.2) is 0 Å². The summed E-state index contributed by atoms with van der Waals surface area (Å²) in [5, 5.41) is 6.47. The van der Waals surface area contributed by atoms with Crippen LogP contribution in [0.25, 0.3) is 0 Å². The van der Waals surface area contributed by atoms with Crippen molar-refractivity contribution in [3.05, 3.63) is 35.4 Å². The highest BCUT2D eigenvalue weighted by Gasteiger charge is 2.21. The van der Waals surface area contributed by atoms with Crippen LogP contribution in [-0.2, 0) is 17.9 Å². The molecule has 148 valence electrons. The summed E-state index contributed by atoms with van der Waals surface area (Å²) < 4.78 is 0. The van der Waals surface area contributed by atoms with E-state index in [1.807, 2.05) is 0 Å². The maximum absolute atomic E-state index is 12.3. The smallest absolute Gasteiger partial charge is 0.224 e. The maximum Gasteiger partial charge on any atom is 0.224 e. The first-order valence-corrected chi connectivity index (χ1v) is 9.50. The number of amides is 1. The number of nitrogens with zero attached hydrogens (tertiary/aromatic N) is 1. The van der Waals surface area contributed by atoms with Crippen LogP contribution in [-0.4, -0.2) is 37.0 Å². The quantitative estimate of drug-likeness (QED) is 0.794. The molecule has 0 spiro atoms. The number of halogens is 2. The number of likely N-dealkylation sites (tertiary alicyclic amines) is 1. The summed E-state index contributed by atoms with van der Waals surface area (Å²) in [5.74, 6) is 1.19. The van der Waals surface area contributed by atoms with E-state index in [0.29, 0.717) is 6.54 Å². The average molecular weight is 402 g/mol. The highest BCUT2D eigenvalue weighted by molar-refractivity contribution is 5.85. The van der Waals surface area contributed by atoms with Crippen molar-refractivity contribution < 1.29 is 4.79 Å². The molecule has 0 radical (unpaired) electrons. The largest absolute Gasteiger partial charge is 0.352 e. The summed E-state index contributed by atoms with van der Waals surface area (Å²) in [4.78, 5) is 14.9. The molecule has 6 heteroatoms. The molecule has 0 aromatic heterocycles. The number of carbonyl (C=O) groups excluding carboxylic acids is 1. The third-order valence-corrected chi connectivity index (χ3v) is 5.51. The Morgan fingerprint density at radius 2 is 1.85 bits per heavy atom. The van der Waals surface area contributed by atoms with Crippen molar-refractivity contribution in [2.24, 2.45) is 11.8 Å². The molecule has 2 saturated heterocycles. The Kier molecular flexibility index (Phi) is 10.6. The molecule has 2 N–H and O–H groups in total. The number of nitrogens with one attached hydrogen (secondary N) is 2. The van der Waals surface area contributed by atoms with Crippen LogP contribution in [0.3, 0.4) is 0 Å². The Morgan fingerprint density at radius 1 is 1.15 bits per heavy atom. The number of piperidine rings is 2. The Labute approximate surface area is 170 Å². The molecule has 0 bridgehead atoms. The second-order valence-corrected chi connectivity index (χ2v) is 7.49. The van der Waals surface area contributed by atoms with Gasteiger partial charge in [0.25, 0.3) is 0 Å². The fourth-order valence-corrected chi connectivity index (χ4v) is 3.75. The topological polar surface area (TPSA) is 44.4 Å². The minimum Gasteiger partial charge on any atom is -0.352 e. The molecule has 1 aromatic rings. The predicted molar refractivity (Wildman–Crippen MR) is 112 cm³/mol.